The van der Waals surface area contributed by atoms with Crippen LogP contribution in [0.25, 0.3) is 33.1 Å². The Balaban J connectivity index is 1.20. The van der Waals surface area contributed by atoms with Gasteiger partial charge in [0.1, 0.15) is 5.58 Å². The Morgan fingerprint density at radius 2 is 0.930 bits per heavy atom. The van der Waals surface area contributed by atoms with Gasteiger partial charge in [-0.1, -0.05) is 162 Å². The zero-order valence-electron chi connectivity index (χ0n) is 44.7. The second kappa shape index (κ2) is 14.6. The molecule has 0 radical (unpaired) electrons. The highest BCUT2D eigenvalue weighted by atomic mass is 16.3. The van der Waals surface area contributed by atoms with Gasteiger partial charge in [0.25, 0.3) is 6.71 Å². The van der Waals surface area contributed by atoms with Gasteiger partial charge in [0.2, 0.25) is 0 Å². The van der Waals surface area contributed by atoms with E-state index >= 15 is 0 Å². The maximum absolute atomic E-state index is 7.27. The molecule has 3 nitrogen and oxygen atoms in total. The number of fused-ring (bicyclic) bond motifs is 11. The molecule has 2 aliphatic heterocycles. The molecule has 4 heteroatoms. The summed E-state index contributed by atoms with van der Waals surface area (Å²) in [5.41, 5.74) is 26.3. The Labute approximate surface area is 423 Å². The summed E-state index contributed by atoms with van der Waals surface area (Å²) < 4.78 is 7.27. The normalized spacial score (nSPS) is 20.2. The molecule has 3 aliphatic carbocycles. The summed E-state index contributed by atoms with van der Waals surface area (Å²) in [6.45, 7) is 32.0. The first kappa shape index (κ1) is 44.9. The molecule has 8 aromatic rings. The Kier molecular flexibility index (Phi) is 9.22. The van der Waals surface area contributed by atoms with Crippen LogP contribution < -0.4 is 26.2 Å². The molecule has 7 aromatic carbocycles. The fourth-order valence-electron chi connectivity index (χ4n) is 14.3. The van der Waals surface area contributed by atoms with Crippen LogP contribution in [0.15, 0.2) is 126 Å². The third-order valence-electron chi connectivity index (χ3n) is 19.2. The van der Waals surface area contributed by atoms with Crippen LogP contribution in [-0.2, 0) is 32.5 Å². The molecule has 0 atom stereocenters. The van der Waals surface area contributed by atoms with Gasteiger partial charge in [0.05, 0.1) is 5.69 Å². The minimum atomic E-state index is -0.0487. The minimum Gasteiger partial charge on any atom is -0.454 e. The predicted molar refractivity (Wildman–Crippen MR) is 304 cm³/mol. The van der Waals surface area contributed by atoms with E-state index in [-0.39, 0.29) is 39.2 Å². The molecule has 0 fully saturated rings. The quantitative estimate of drug-likeness (QED) is 0.165. The number of hydrogen-bond acceptors (Lipinski definition) is 3. The lowest BCUT2D eigenvalue weighted by atomic mass is 9.33. The number of rotatable bonds is 3. The van der Waals surface area contributed by atoms with E-state index in [0.717, 1.165) is 46.9 Å². The summed E-state index contributed by atoms with van der Waals surface area (Å²) >= 11 is 0. The molecule has 0 bridgehead atoms. The average molecular weight is 931 g/mol. The smallest absolute Gasteiger partial charge is 0.252 e. The van der Waals surface area contributed by atoms with E-state index in [2.05, 4.69) is 221 Å². The first-order chi connectivity index (χ1) is 33.6. The third-order valence-corrected chi connectivity index (χ3v) is 19.2. The van der Waals surface area contributed by atoms with Crippen LogP contribution in [0.3, 0.4) is 0 Å². The number of hydrogen-bond donors (Lipinski definition) is 0. The minimum absolute atomic E-state index is 0.0232. The monoisotopic (exact) mass is 931 g/mol. The molecule has 0 N–H and O–H groups in total. The Morgan fingerprint density at radius 3 is 1.56 bits per heavy atom. The second-order valence-electron chi connectivity index (χ2n) is 26.6. The highest BCUT2D eigenvalue weighted by molar-refractivity contribution is 7.00. The van der Waals surface area contributed by atoms with Crippen molar-refractivity contribution in [3.8, 4) is 11.1 Å². The van der Waals surface area contributed by atoms with Crippen LogP contribution in [0.4, 0.5) is 34.1 Å². The molecule has 71 heavy (non-hydrogen) atoms. The highest BCUT2D eigenvalue weighted by Gasteiger charge is 2.49. The maximum atomic E-state index is 7.27. The van der Waals surface area contributed by atoms with Crippen molar-refractivity contribution in [1.82, 2.24) is 0 Å². The number of benzene rings is 7. The maximum Gasteiger partial charge on any atom is 0.252 e. The molecule has 3 heterocycles. The molecule has 13 rings (SSSR count). The Bertz CT molecular complexity index is 3580. The third kappa shape index (κ3) is 6.41. The lowest BCUT2D eigenvalue weighted by molar-refractivity contribution is 0.332. The van der Waals surface area contributed by atoms with E-state index in [1.807, 2.05) is 0 Å². The molecule has 0 saturated heterocycles. The van der Waals surface area contributed by atoms with E-state index in [1.54, 1.807) is 0 Å². The second-order valence-corrected chi connectivity index (χ2v) is 26.6. The Morgan fingerprint density at radius 1 is 0.408 bits per heavy atom. The van der Waals surface area contributed by atoms with Gasteiger partial charge in [-0.2, -0.15) is 0 Å². The molecule has 1 aromatic heterocycles. The standard InChI is InChI=1S/C67H71BN2O/c1-40-33-47-50(66(10,11)31-29-63(47,4)5)38-54(40)70-57-35-42(41-19-15-14-16-20-41)34-56-59(57)68(52-26-24-45-44-21-17-18-22-58(44)71-61(45)60(52)70)53-37-49-51(67(12,13)32-30-65(49,8)9)39-55(53)69(56)43-23-25-46-48(36-43)64(6,7)28-27-62(46,2)3/h14-26,33-39H,27-32H2,1-13H3. The van der Waals surface area contributed by atoms with E-state index < -0.39 is 0 Å². The lowest BCUT2D eigenvalue weighted by Gasteiger charge is -2.48. The van der Waals surface area contributed by atoms with Crippen molar-refractivity contribution in [3.05, 3.63) is 160 Å². The average Bonchev–Trinajstić information content (AvgIpc) is 3.72. The zero-order chi connectivity index (χ0) is 49.5. The summed E-state index contributed by atoms with van der Waals surface area (Å²) in [4.78, 5) is 5.38. The van der Waals surface area contributed by atoms with Crippen molar-refractivity contribution >= 4 is 79.2 Å². The number of anilines is 6. The highest BCUT2D eigenvalue weighted by Crippen LogP contribution is 2.56. The summed E-state index contributed by atoms with van der Waals surface area (Å²) in [6, 6.07) is 47.8. The van der Waals surface area contributed by atoms with Gasteiger partial charge in [0, 0.05) is 39.2 Å². The largest absolute Gasteiger partial charge is 0.454 e. The van der Waals surface area contributed by atoms with Gasteiger partial charge in [-0.25, -0.2) is 0 Å². The molecular weight excluding hydrogens is 860 g/mol. The van der Waals surface area contributed by atoms with Crippen LogP contribution in [0.5, 0.6) is 0 Å². The fraction of sp³-hybridized carbons (Fsp3) is 0.373. The molecule has 358 valence electrons. The van der Waals surface area contributed by atoms with Crippen molar-refractivity contribution in [2.45, 2.75) is 161 Å². The molecule has 0 saturated carbocycles. The SMILES string of the molecule is Cc1cc2c(cc1N1c3cc(-c4ccccc4)cc4c3B(c3cc5c(cc3N4c3ccc4c(c3)C(C)(C)CCC4(C)C)C(C)(C)CCC5(C)C)c3ccc4c(oc5ccccc54)c31)C(C)(C)CCC2(C)C. The number of aryl methyl sites for hydroxylation is 1. The van der Waals surface area contributed by atoms with Gasteiger partial charge >= 0.3 is 0 Å². The summed E-state index contributed by atoms with van der Waals surface area (Å²) in [5, 5.41) is 2.32. The summed E-state index contributed by atoms with van der Waals surface area (Å²) in [7, 11) is 0. The van der Waals surface area contributed by atoms with Crippen LogP contribution in [0.1, 0.15) is 161 Å². The predicted octanol–water partition coefficient (Wildman–Crippen LogP) is 16.7. The van der Waals surface area contributed by atoms with Crippen molar-refractivity contribution in [1.29, 1.82) is 0 Å². The lowest BCUT2D eigenvalue weighted by Crippen LogP contribution is -2.62. The van der Waals surface area contributed by atoms with Crippen LogP contribution in [-0.4, -0.2) is 6.71 Å². The van der Waals surface area contributed by atoms with E-state index in [1.165, 1.54) is 114 Å². The first-order valence-electron chi connectivity index (χ1n) is 26.8. The molecule has 5 aliphatic rings. The number of nitrogens with zero attached hydrogens (tertiary/aromatic N) is 2. The zero-order valence-corrected chi connectivity index (χ0v) is 44.7. The van der Waals surface area contributed by atoms with Crippen molar-refractivity contribution in [3.63, 3.8) is 0 Å². The Hall–Kier alpha value is -6.00. The van der Waals surface area contributed by atoms with Crippen LogP contribution in [0.2, 0.25) is 0 Å². The fourth-order valence-corrected chi connectivity index (χ4v) is 14.3. The van der Waals surface area contributed by atoms with Gasteiger partial charge < -0.3 is 14.2 Å². The van der Waals surface area contributed by atoms with Crippen molar-refractivity contribution in [2.24, 2.45) is 0 Å². The molecular formula is C67H71BN2O. The van der Waals surface area contributed by atoms with E-state index in [9.17, 15) is 0 Å². The summed E-state index contributed by atoms with van der Waals surface area (Å²) in [6.07, 6.45) is 7.00. The summed E-state index contributed by atoms with van der Waals surface area (Å²) in [5.74, 6) is 0. The van der Waals surface area contributed by atoms with Gasteiger partial charge in [0.15, 0.2) is 5.58 Å². The van der Waals surface area contributed by atoms with Crippen molar-refractivity contribution in [2.75, 3.05) is 9.80 Å². The van der Waals surface area contributed by atoms with Crippen LogP contribution >= 0.6 is 0 Å². The van der Waals surface area contributed by atoms with Gasteiger partial charge in [-0.15, -0.1) is 0 Å². The number of para-hydroxylation sites is 1. The van der Waals surface area contributed by atoms with E-state index in [0.29, 0.717) is 0 Å². The topological polar surface area (TPSA) is 19.6 Å². The molecule has 0 spiro atoms. The number of furan rings is 1. The van der Waals surface area contributed by atoms with Crippen molar-refractivity contribution < 1.29 is 4.42 Å². The first-order valence-corrected chi connectivity index (χ1v) is 26.8. The molecule has 0 unspecified atom stereocenters. The van der Waals surface area contributed by atoms with Gasteiger partial charge in [-0.3, -0.25) is 0 Å². The molecule has 0 amide bonds. The van der Waals surface area contributed by atoms with Gasteiger partial charge in [-0.05, 0) is 187 Å². The van der Waals surface area contributed by atoms with E-state index in [4.69, 9.17) is 4.42 Å². The van der Waals surface area contributed by atoms with Crippen LogP contribution in [0, 0.1) is 6.92 Å².